The zero-order valence-electron chi connectivity index (χ0n) is 13.8. The maximum absolute atomic E-state index is 11.8. The summed E-state index contributed by atoms with van der Waals surface area (Å²) >= 11 is 0. The van der Waals surface area contributed by atoms with Gasteiger partial charge in [-0.05, 0) is 35.7 Å². The number of hydrogen-bond donors (Lipinski definition) is 0. The summed E-state index contributed by atoms with van der Waals surface area (Å²) in [6, 6.07) is 14.3. The average molecular weight is 328 g/mol. The molecule has 0 aliphatic rings. The van der Waals surface area contributed by atoms with Crippen LogP contribution < -0.4 is 4.74 Å². The van der Waals surface area contributed by atoms with Gasteiger partial charge in [0.15, 0.2) is 6.61 Å². The molecule has 2 rings (SSSR count). The molecule has 0 saturated heterocycles. The molecular formula is C19H20O5. The van der Waals surface area contributed by atoms with Gasteiger partial charge in [-0.1, -0.05) is 37.3 Å². The lowest BCUT2D eigenvalue weighted by Crippen LogP contribution is -2.15. The Kier molecular flexibility index (Phi) is 6.37. The predicted molar refractivity (Wildman–Crippen MR) is 88.9 cm³/mol. The summed E-state index contributed by atoms with van der Waals surface area (Å²) < 4.78 is 15.3. The molecule has 24 heavy (non-hydrogen) atoms. The van der Waals surface area contributed by atoms with Crippen LogP contribution >= 0.6 is 0 Å². The van der Waals surface area contributed by atoms with Gasteiger partial charge in [0.05, 0.1) is 12.7 Å². The first-order chi connectivity index (χ1) is 11.6. The quantitative estimate of drug-likeness (QED) is 0.731. The first kappa shape index (κ1) is 17.5. The van der Waals surface area contributed by atoms with Crippen LogP contribution in [0.5, 0.6) is 5.75 Å². The minimum absolute atomic E-state index is 0.0719. The molecule has 0 aliphatic carbocycles. The number of hydrogen-bond acceptors (Lipinski definition) is 5. The molecule has 0 saturated carbocycles. The van der Waals surface area contributed by atoms with E-state index in [9.17, 15) is 9.59 Å². The molecule has 0 unspecified atom stereocenters. The second-order valence-electron chi connectivity index (χ2n) is 5.10. The second kappa shape index (κ2) is 8.72. The molecular weight excluding hydrogens is 308 g/mol. The summed E-state index contributed by atoms with van der Waals surface area (Å²) in [6.07, 6.45) is 0.825. The van der Waals surface area contributed by atoms with Gasteiger partial charge in [-0.2, -0.15) is 0 Å². The van der Waals surface area contributed by atoms with Crippen LogP contribution in [0.15, 0.2) is 48.5 Å². The van der Waals surface area contributed by atoms with E-state index in [2.05, 4.69) is 4.74 Å². The lowest BCUT2D eigenvalue weighted by atomic mass is 10.1. The Morgan fingerprint density at radius 2 is 1.83 bits per heavy atom. The normalized spacial score (nSPS) is 10.1. The van der Waals surface area contributed by atoms with Gasteiger partial charge < -0.3 is 14.2 Å². The number of methoxy groups -OCH3 is 1. The topological polar surface area (TPSA) is 61.8 Å². The molecule has 2 aromatic carbocycles. The van der Waals surface area contributed by atoms with Gasteiger partial charge in [-0.3, -0.25) is 0 Å². The molecule has 0 aliphatic heterocycles. The van der Waals surface area contributed by atoms with E-state index in [1.807, 2.05) is 31.2 Å². The molecule has 0 spiro atoms. The van der Waals surface area contributed by atoms with Crippen LogP contribution in [0, 0.1) is 0 Å². The highest BCUT2D eigenvalue weighted by molar-refractivity contribution is 5.89. The van der Waals surface area contributed by atoms with E-state index in [4.69, 9.17) is 9.47 Å². The number of aryl methyl sites for hydroxylation is 1. The van der Waals surface area contributed by atoms with Crippen molar-refractivity contribution < 1.29 is 23.8 Å². The molecule has 0 aromatic heterocycles. The zero-order chi connectivity index (χ0) is 17.4. The highest BCUT2D eigenvalue weighted by Gasteiger charge is 2.09. The largest absolute Gasteiger partial charge is 0.482 e. The monoisotopic (exact) mass is 328 g/mol. The van der Waals surface area contributed by atoms with Crippen molar-refractivity contribution in [2.24, 2.45) is 0 Å². The van der Waals surface area contributed by atoms with Gasteiger partial charge in [0.1, 0.15) is 12.4 Å². The second-order valence-corrected chi connectivity index (χ2v) is 5.10. The highest BCUT2D eigenvalue weighted by atomic mass is 16.6. The van der Waals surface area contributed by atoms with Crippen molar-refractivity contribution >= 4 is 11.9 Å². The Bertz CT molecular complexity index is 708. The number of carbonyl (C=O) groups is 2. The van der Waals surface area contributed by atoms with Crippen molar-refractivity contribution in [2.75, 3.05) is 13.7 Å². The van der Waals surface area contributed by atoms with Crippen LogP contribution in [0.25, 0.3) is 0 Å². The fourth-order valence-electron chi connectivity index (χ4n) is 2.18. The molecule has 5 heteroatoms. The number of para-hydroxylation sites is 1. The smallest absolute Gasteiger partial charge is 0.344 e. The van der Waals surface area contributed by atoms with Crippen LogP contribution in [0.1, 0.15) is 28.4 Å². The summed E-state index contributed by atoms with van der Waals surface area (Å²) in [5, 5.41) is 0. The number of rotatable bonds is 7. The van der Waals surface area contributed by atoms with Crippen molar-refractivity contribution in [1.29, 1.82) is 0 Å². The molecule has 126 valence electrons. The van der Waals surface area contributed by atoms with Crippen LogP contribution in [0.3, 0.4) is 0 Å². The Morgan fingerprint density at radius 1 is 1.04 bits per heavy atom. The van der Waals surface area contributed by atoms with E-state index in [1.54, 1.807) is 24.3 Å². The van der Waals surface area contributed by atoms with E-state index in [-0.39, 0.29) is 13.2 Å². The molecule has 5 nitrogen and oxygen atoms in total. The summed E-state index contributed by atoms with van der Waals surface area (Å²) in [6.45, 7) is 1.94. The molecule has 0 N–H and O–H groups in total. The van der Waals surface area contributed by atoms with Gasteiger partial charge in [0, 0.05) is 0 Å². The minimum Gasteiger partial charge on any atom is -0.482 e. The fourth-order valence-corrected chi connectivity index (χ4v) is 2.18. The number of carbonyl (C=O) groups excluding carboxylic acids is 2. The molecule has 0 bridgehead atoms. The molecule has 2 aromatic rings. The van der Waals surface area contributed by atoms with Crippen molar-refractivity contribution in [1.82, 2.24) is 0 Å². The lowest BCUT2D eigenvalue weighted by Gasteiger charge is -2.10. The first-order valence-electron chi connectivity index (χ1n) is 7.67. The van der Waals surface area contributed by atoms with E-state index in [1.165, 1.54) is 7.11 Å². The van der Waals surface area contributed by atoms with Crippen LogP contribution in [0.2, 0.25) is 0 Å². The maximum Gasteiger partial charge on any atom is 0.344 e. The Hall–Kier alpha value is -2.82. The van der Waals surface area contributed by atoms with Crippen molar-refractivity contribution in [2.45, 2.75) is 20.0 Å². The van der Waals surface area contributed by atoms with Crippen molar-refractivity contribution in [3.05, 3.63) is 65.2 Å². The van der Waals surface area contributed by atoms with Gasteiger partial charge in [-0.15, -0.1) is 0 Å². The van der Waals surface area contributed by atoms with Gasteiger partial charge >= 0.3 is 11.9 Å². The molecule has 0 heterocycles. The Morgan fingerprint density at radius 3 is 2.58 bits per heavy atom. The number of ether oxygens (including phenoxy) is 3. The van der Waals surface area contributed by atoms with Crippen molar-refractivity contribution in [3.63, 3.8) is 0 Å². The number of esters is 2. The summed E-state index contributed by atoms with van der Waals surface area (Å²) in [7, 11) is 1.32. The molecule has 0 fully saturated rings. The Balaban J connectivity index is 1.86. The molecule has 0 radical (unpaired) electrons. The SMILES string of the molecule is CCc1ccccc1OCC(=O)OCc1cccc(C(=O)OC)c1. The molecule has 0 atom stereocenters. The summed E-state index contributed by atoms with van der Waals surface area (Å²) in [4.78, 5) is 23.3. The molecule has 0 amide bonds. The Labute approximate surface area is 141 Å². The highest BCUT2D eigenvalue weighted by Crippen LogP contribution is 2.18. The third-order valence-electron chi connectivity index (χ3n) is 3.45. The van der Waals surface area contributed by atoms with E-state index < -0.39 is 11.9 Å². The summed E-state index contributed by atoms with van der Waals surface area (Å²) in [5.74, 6) is -0.211. The van der Waals surface area contributed by atoms with E-state index in [0.29, 0.717) is 16.9 Å². The minimum atomic E-state index is -0.468. The van der Waals surface area contributed by atoms with Crippen LogP contribution in [-0.4, -0.2) is 25.7 Å². The summed E-state index contributed by atoms with van der Waals surface area (Å²) in [5.41, 5.74) is 2.16. The fraction of sp³-hybridized carbons (Fsp3) is 0.263. The number of benzene rings is 2. The first-order valence-corrected chi connectivity index (χ1v) is 7.67. The van der Waals surface area contributed by atoms with E-state index in [0.717, 1.165) is 12.0 Å². The van der Waals surface area contributed by atoms with E-state index >= 15 is 0 Å². The average Bonchev–Trinajstić information content (AvgIpc) is 2.64. The van der Waals surface area contributed by atoms with Crippen LogP contribution in [0.4, 0.5) is 0 Å². The third-order valence-corrected chi connectivity index (χ3v) is 3.45. The lowest BCUT2D eigenvalue weighted by molar-refractivity contribution is -0.147. The maximum atomic E-state index is 11.8. The van der Waals surface area contributed by atoms with Gasteiger partial charge in [0.2, 0.25) is 0 Å². The van der Waals surface area contributed by atoms with Gasteiger partial charge in [-0.25, -0.2) is 9.59 Å². The predicted octanol–water partition coefficient (Wildman–Crippen LogP) is 3.16. The zero-order valence-corrected chi connectivity index (χ0v) is 13.8. The van der Waals surface area contributed by atoms with Gasteiger partial charge in [0.25, 0.3) is 0 Å². The van der Waals surface area contributed by atoms with Crippen LogP contribution in [-0.2, 0) is 27.3 Å². The standard InChI is InChI=1S/C19H20O5/c1-3-15-8-4-5-10-17(15)23-13-18(20)24-12-14-7-6-9-16(11-14)19(21)22-2/h4-11H,3,12-13H2,1-2H3. The third kappa shape index (κ3) is 4.84. The van der Waals surface area contributed by atoms with Crippen molar-refractivity contribution in [3.8, 4) is 5.75 Å².